The van der Waals surface area contributed by atoms with Gasteiger partial charge in [-0.3, -0.25) is 4.79 Å². The Kier molecular flexibility index (Phi) is 3.53. The number of phenolic OH excluding ortho intramolecular Hbond substituents is 1. The van der Waals surface area contributed by atoms with Gasteiger partial charge in [0.25, 0.3) is 5.91 Å². The van der Waals surface area contributed by atoms with Crippen molar-refractivity contribution in [3.05, 3.63) is 28.4 Å². The summed E-state index contributed by atoms with van der Waals surface area (Å²) >= 11 is 5.86. The molecule has 1 aliphatic rings. The van der Waals surface area contributed by atoms with Crippen molar-refractivity contribution in [2.45, 2.75) is 0 Å². The van der Waals surface area contributed by atoms with Crippen LogP contribution in [0.2, 0.25) is 0 Å². The number of aromatic hydroxyl groups is 1. The smallest absolute Gasteiger partial charge is 0.263 e. The van der Waals surface area contributed by atoms with E-state index >= 15 is 0 Å². The summed E-state index contributed by atoms with van der Waals surface area (Å²) in [5.41, 5.74) is 0.0932. The summed E-state index contributed by atoms with van der Waals surface area (Å²) in [5.74, 6) is -1.13. The van der Waals surface area contributed by atoms with Crippen molar-refractivity contribution in [1.29, 1.82) is 0 Å². The second-order valence-electron chi connectivity index (χ2n) is 3.40. The van der Waals surface area contributed by atoms with E-state index in [0.29, 0.717) is 4.32 Å². The number of benzene rings is 1. The number of ether oxygens (including phenoxy) is 1. The van der Waals surface area contributed by atoms with Crippen LogP contribution in [0.1, 0.15) is 5.56 Å². The lowest BCUT2D eigenvalue weighted by atomic mass is 10.1. The van der Waals surface area contributed by atoms with Gasteiger partial charge in [0.2, 0.25) is 0 Å². The fraction of sp³-hybridized carbons (Fsp3) is 0.0909. The van der Waals surface area contributed by atoms with Crippen LogP contribution in [0.4, 0.5) is 4.39 Å². The van der Waals surface area contributed by atoms with E-state index in [1.165, 1.54) is 19.3 Å². The van der Waals surface area contributed by atoms with Crippen LogP contribution in [-0.2, 0) is 4.79 Å². The van der Waals surface area contributed by atoms with Gasteiger partial charge in [-0.05, 0) is 12.1 Å². The van der Waals surface area contributed by atoms with Gasteiger partial charge in [0.05, 0.1) is 12.0 Å². The number of thioether (sulfide) groups is 1. The zero-order chi connectivity index (χ0) is 13.3. The third-order valence-corrected chi connectivity index (χ3v) is 3.39. The Balaban J connectivity index is 2.41. The summed E-state index contributed by atoms with van der Waals surface area (Å²) in [6, 6.07) is 2.24. The maximum Gasteiger partial charge on any atom is 0.263 e. The summed E-state index contributed by atoms with van der Waals surface area (Å²) in [6.07, 6.45) is 1.33. The molecule has 0 radical (unpaired) electrons. The topological polar surface area (TPSA) is 58.6 Å². The zero-order valence-corrected chi connectivity index (χ0v) is 10.8. The van der Waals surface area contributed by atoms with Crippen LogP contribution in [0.3, 0.4) is 0 Å². The average Bonchev–Trinajstić information content (AvgIpc) is 2.62. The van der Waals surface area contributed by atoms with Crippen LogP contribution in [0.25, 0.3) is 6.08 Å². The molecule has 4 nitrogen and oxygen atoms in total. The SMILES string of the molecule is COc1cc(F)c(C=C2SC(=S)NC2=O)cc1O. The van der Waals surface area contributed by atoms with Gasteiger partial charge >= 0.3 is 0 Å². The molecule has 1 aliphatic heterocycles. The molecule has 0 atom stereocenters. The molecule has 0 aliphatic carbocycles. The third-order valence-electron chi connectivity index (χ3n) is 2.23. The van der Waals surface area contributed by atoms with E-state index in [9.17, 15) is 14.3 Å². The number of thiocarbonyl (C=S) groups is 1. The second-order valence-corrected chi connectivity index (χ2v) is 5.12. The average molecular weight is 285 g/mol. The molecule has 94 valence electrons. The van der Waals surface area contributed by atoms with Crippen molar-refractivity contribution < 1.29 is 19.0 Å². The minimum Gasteiger partial charge on any atom is -0.504 e. The quantitative estimate of drug-likeness (QED) is 0.643. The number of carbonyl (C=O) groups is 1. The first-order chi connectivity index (χ1) is 8.51. The van der Waals surface area contributed by atoms with Crippen LogP contribution in [0.15, 0.2) is 17.0 Å². The first-order valence-electron chi connectivity index (χ1n) is 4.82. The van der Waals surface area contributed by atoms with Crippen LogP contribution < -0.4 is 10.1 Å². The predicted molar refractivity (Wildman–Crippen MR) is 70.9 cm³/mol. The van der Waals surface area contributed by atoms with E-state index in [0.717, 1.165) is 17.8 Å². The Morgan fingerprint density at radius 3 is 2.83 bits per heavy atom. The predicted octanol–water partition coefficient (Wildman–Crippen LogP) is 2.03. The number of phenols is 1. The molecular weight excluding hydrogens is 277 g/mol. The van der Waals surface area contributed by atoms with Crippen molar-refractivity contribution in [2.24, 2.45) is 0 Å². The maximum absolute atomic E-state index is 13.7. The molecule has 1 fully saturated rings. The van der Waals surface area contributed by atoms with Gasteiger partial charge in [0.15, 0.2) is 11.5 Å². The molecule has 0 spiro atoms. The molecular formula is C11H8FNO3S2. The van der Waals surface area contributed by atoms with Gasteiger partial charge in [-0.1, -0.05) is 24.0 Å². The molecule has 0 aromatic heterocycles. The van der Waals surface area contributed by atoms with E-state index in [1.54, 1.807) is 0 Å². The Labute approximate surface area is 112 Å². The molecule has 1 saturated heterocycles. The molecule has 2 N–H and O–H groups in total. The fourth-order valence-electron chi connectivity index (χ4n) is 1.40. The molecule has 2 rings (SSSR count). The van der Waals surface area contributed by atoms with Gasteiger partial charge in [0.1, 0.15) is 10.1 Å². The summed E-state index contributed by atoms with van der Waals surface area (Å²) in [7, 11) is 1.32. The Morgan fingerprint density at radius 2 is 2.28 bits per heavy atom. The number of hydrogen-bond donors (Lipinski definition) is 2. The van der Waals surface area contributed by atoms with Crippen molar-refractivity contribution in [3.63, 3.8) is 0 Å². The van der Waals surface area contributed by atoms with E-state index in [-0.39, 0.29) is 27.9 Å². The molecule has 7 heteroatoms. The number of halogens is 1. The summed E-state index contributed by atoms with van der Waals surface area (Å²) in [5, 5.41) is 12.0. The monoisotopic (exact) mass is 285 g/mol. The highest BCUT2D eigenvalue weighted by Gasteiger charge is 2.22. The van der Waals surface area contributed by atoms with Crippen molar-refractivity contribution >= 4 is 40.3 Å². The minimum absolute atomic E-state index is 0.0358. The summed E-state index contributed by atoms with van der Waals surface area (Å²) in [4.78, 5) is 11.7. The van der Waals surface area contributed by atoms with Gasteiger partial charge in [-0.15, -0.1) is 0 Å². The Hall–Kier alpha value is -1.60. The maximum atomic E-state index is 13.7. The van der Waals surface area contributed by atoms with Crippen molar-refractivity contribution in [1.82, 2.24) is 5.32 Å². The number of methoxy groups -OCH3 is 1. The second kappa shape index (κ2) is 4.95. The van der Waals surface area contributed by atoms with Crippen LogP contribution in [-0.4, -0.2) is 22.4 Å². The highest BCUT2D eigenvalue weighted by Crippen LogP contribution is 2.32. The normalized spacial score (nSPS) is 17.1. The van der Waals surface area contributed by atoms with Crippen LogP contribution in [0.5, 0.6) is 11.5 Å². The minimum atomic E-state index is -0.594. The standard InChI is InChI=1S/C11H8FNO3S2/c1-16-8-4-6(12)5(2-7(8)14)3-9-10(15)13-11(17)18-9/h2-4,14H,1H3,(H,13,15,17). The Morgan fingerprint density at radius 1 is 1.56 bits per heavy atom. The highest BCUT2D eigenvalue weighted by atomic mass is 32.2. The zero-order valence-electron chi connectivity index (χ0n) is 9.19. The number of nitrogens with one attached hydrogen (secondary N) is 1. The highest BCUT2D eigenvalue weighted by molar-refractivity contribution is 8.26. The lowest BCUT2D eigenvalue weighted by Gasteiger charge is -2.05. The lowest BCUT2D eigenvalue weighted by Crippen LogP contribution is -2.17. The number of rotatable bonds is 2. The number of amides is 1. The number of hydrogen-bond acceptors (Lipinski definition) is 5. The number of carbonyl (C=O) groups excluding carboxylic acids is 1. The lowest BCUT2D eigenvalue weighted by molar-refractivity contribution is -0.115. The fourth-order valence-corrected chi connectivity index (χ4v) is 2.43. The van der Waals surface area contributed by atoms with Crippen molar-refractivity contribution in [2.75, 3.05) is 7.11 Å². The molecule has 1 heterocycles. The molecule has 18 heavy (non-hydrogen) atoms. The Bertz CT molecular complexity index is 572. The van der Waals surface area contributed by atoms with Gasteiger partial charge in [-0.25, -0.2) is 4.39 Å². The van der Waals surface area contributed by atoms with Crippen molar-refractivity contribution in [3.8, 4) is 11.5 Å². The van der Waals surface area contributed by atoms with E-state index < -0.39 is 5.82 Å². The van der Waals surface area contributed by atoms with E-state index in [2.05, 4.69) is 5.32 Å². The first kappa shape index (κ1) is 12.8. The largest absolute Gasteiger partial charge is 0.504 e. The summed E-state index contributed by atoms with van der Waals surface area (Å²) < 4.78 is 18.8. The van der Waals surface area contributed by atoms with Gasteiger partial charge in [0, 0.05) is 11.6 Å². The van der Waals surface area contributed by atoms with Gasteiger partial charge in [-0.2, -0.15) is 0 Å². The summed E-state index contributed by atoms with van der Waals surface area (Å²) in [6.45, 7) is 0. The molecule has 0 unspecified atom stereocenters. The molecule has 1 aromatic rings. The molecule has 0 saturated carbocycles. The van der Waals surface area contributed by atoms with Gasteiger partial charge < -0.3 is 15.2 Å². The van der Waals surface area contributed by atoms with Crippen LogP contribution in [0, 0.1) is 5.82 Å². The first-order valence-corrected chi connectivity index (χ1v) is 6.05. The molecule has 1 amide bonds. The van der Waals surface area contributed by atoms with Crippen LogP contribution >= 0.6 is 24.0 Å². The van der Waals surface area contributed by atoms with E-state index in [4.69, 9.17) is 17.0 Å². The molecule has 0 bridgehead atoms. The molecule has 1 aromatic carbocycles. The van der Waals surface area contributed by atoms with E-state index in [1.807, 2.05) is 0 Å². The third kappa shape index (κ3) is 2.46.